The molecule has 3 aromatic carbocycles. The van der Waals surface area contributed by atoms with Crippen LogP contribution in [0.1, 0.15) is 62.4 Å². The summed E-state index contributed by atoms with van der Waals surface area (Å²) in [6.07, 6.45) is -0.418. The van der Waals surface area contributed by atoms with Gasteiger partial charge in [0.25, 0.3) is 11.8 Å². The minimum absolute atomic E-state index is 0.151. The number of carboxylic acids is 1. The molecule has 0 aliphatic carbocycles. The second-order valence-electron chi connectivity index (χ2n) is 10.9. The van der Waals surface area contributed by atoms with Crippen molar-refractivity contribution in [3.05, 3.63) is 94.0 Å². The quantitative estimate of drug-likeness (QED) is 0.170. The molecule has 2 aliphatic heterocycles. The molecule has 2 aliphatic rings. The Morgan fingerprint density at radius 2 is 1.32 bits per heavy atom. The van der Waals surface area contributed by atoms with Gasteiger partial charge in [0.1, 0.15) is 6.04 Å². The van der Waals surface area contributed by atoms with Gasteiger partial charge in [-0.15, -0.1) is 0 Å². The molecule has 5 rings (SSSR count). The molecular formula is C30H31B2N3O9. The first-order valence-corrected chi connectivity index (χ1v) is 14.1. The fourth-order valence-electron chi connectivity index (χ4n) is 5.21. The fraction of sp³-hybridized carbons (Fsp3) is 0.267. The standard InChI is InChI=1S/C30H31B2N3O9/c1-16-3-5-18(6-4-16)25(13-26(36)37)34-30(40)27(35-29(39)20-8-10-22-15-44-32(42)24(22)12-20)17(2)33-28(38)19-7-9-21-14-43-31(41)23(21)11-19/h3-12,17,25,27,41-42H,13-15H2,1-2H3,(H,33,38)(H,34,40)(H,35,39)(H,36,37)/t17-,25-,27-/m0/s1. The van der Waals surface area contributed by atoms with Crippen molar-refractivity contribution in [1.29, 1.82) is 0 Å². The van der Waals surface area contributed by atoms with Crippen LogP contribution in [0.2, 0.25) is 0 Å². The Bertz CT molecular complexity index is 1600. The first-order valence-electron chi connectivity index (χ1n) is 14.1. The molecule has 12 nitrogen and oxygen atoms in total. The summed E-state index contributed by atoms with van der Waals surface area (Å²) in [6, 6.07) is 13.2. The number of carboxylic acid groups (broad SMARTS) is 1. The lowest BCUT2D eigenvalue weighted by molar-refractivity contribution is -0.137. The van der Waals surface area contributed by atoms with E-state index in [1.54, 1.807) is 42.5 Å². The average Bonchev–Trinajstić information content (AvgIpc) is 3.56. The van der Waals surface area contributed by atoms with Crippen molar-refractivity contribution in [3.63, 3.8) is 0 Å². The number of benzene rings is 3. The van der Waals surface area contributed by atoms with Crippen molar-refractivity contribution in [3.8, 4) is 0 Å². The molecule has 0 unspecified atom stereocenters. The van der Waals surface area contributed by atoms with Crippen LogP contribution in [0.15, 0.2) is 60.7 Å². The van der Waals surface area contributed by atoms with Gasteiger partial charge in [-0.3, -0.25) is 19.2 Å². The van der Waals surface area contributed by atoms with Crippen molar-refractivity contribution in [1.82, 2.24) is 16.0 Å². The highest BCUT2D eigenvalue weighted by Gasteiger charge is 2.34. The number of aliphatic carboxylic acids is 1. The minimum atomic E-state index is -1.34. The number of fused-ring (bicyclic) bond motifs is 2. The maximum Gasteiger partial charge on any atom is 0.491 e. The SMILES string of the molecule is Cc1ccc([C@H](CC(=O)O)NC(=O)[C@@H](NC(=O)c2ccc3c(c2)B(O)OC3)[C@H](C)NC(=O)c2ccc3c(c2)B(O)OC3)cc1. The predicted octanol–water partition coefficient (Wildman–Crippen LogP) is -0.320. The number of hydrogen-bond acceptors (Lipinski definition) is 8. The lowest BCUT2D eigenvalue weighted by Gasteiger charge is -2.28. The highest BCUT2D eigenvalue weighted by Crippen LogP contribution is 2.19. The molecule has 0 fully saturated rings. The molecule has 0 spiro atoms. The number of hydrogen-bond donors (Lipinski definition) is 6. The Morgan fingerprint density at radius 3 is 1.84 bits per heavy atom. The molecule has 0 radical (unpaired) electrons. The Balaban J connectivity index is 1.39. The van der Waals surface area contributed by atoms with Gasteiger partial charge < -0.3 is 40.4 Å². The van der Waals surface area contributed by atoms with Gasteiger partial charge in [-0.2, -0.15) is 0 Å². The summed E-state index contributed by atoms with van der Waals surface area (Å²) in [4.78, 5) is 52.1. The molecule has 3 amide bonds. The van der Waals surface area contributed by atoms with Crippen LogP contribution in [0.5, 0.6) is 0 Å². The molecule has 0 saturated carbocycles. The summed E-state index contributed by atoms with van der Waals surface area (Å²) in [6.45, 7) is 3.82. The van der Waals surface area contributed by atoms with E-state index in [2.05, 4.69) is 16.0 Å². The van der Waals surface area contributed by atoms with Crippen molar-refractivity contribution in [2.75, 3.05) is 0 Å². The number of nitrogens with one attached hydrogen (secondary N) is 3. The maximum atomic E-state index is 13.8. The van der Waals surface area contributed by atoms with Crippen LogP contribution in [0.4, 0.5) is 0 Å². The van der Waals surface area contributed by atoms with E-state index < -0.39 is 62.5 Å². The van der Waals surface area contributed by atoms with Gasteiger partial charge >= 0.3 is 20.2 Å². The largest absolute Gasteiger partial charge is 0.491 e. The summed E-state index contributed by atoms with van der Waals surface area (Å²) >= 11 is 0. The van der Waals surface area contributed by atoms with E-state index in [-0.39, 0.29) is 24.3 Å². The highest BCUT2D eigenvalue weighted by atomic mass is 16.5. The van der Waals surface area contributed by atoms with Crippen LogP contribution in [-0.2, 0) is 32.1 Å². The van der Waals surface area contributed by atoms with Crippen LogP contribution in [0, 0.1) is 6.92 Å². The lowest BCUT2D eigenvalue weighted by atomic mass is 9.78. The Kier molecular flexibility index (Phi) is 9.16. The van der Waals surface area contributed by atoms with Gasteiger partial charge in [0.2, 0.25) is 5.91 Å². The van der Waals surface area contributed by atoms with Gasteiger partial charge in [0.15, 0.2) is 0 Å². The molecule has 0 saturated heterocycles. The third-order valence-electron chi connectivity index (χ3n) is 7.74. The van der Waals surface area contributed by atoms with E-state index in [9.17, 15) is 34.3 Å². The van der Waals surface area contributed by atoms with Crippen molar-refractivity contribution in [2.24, 2.45) is 0 Å². The molecule has 0 bridgehead atoms. The molecule has 14 heteroatoms. The lowest BCUT2D eigenvalue weighted by Crippen LogP contribution is -2.58. The summed E-state index contributed by atoms with van der Waals surface area (Å²) in [7, 11) is -2.34. The average molecular weight is 599 g/mol. The predicted molar refractivity (Wildman–Crippen MR) is 160 cm³/mol. The number of carbonyl (C=O) groups is 4. The van der Waals surface area contributed by atoms with Crippen LogP contribution in [-0.4, -0.2) is 65.2 Å². The topological polar surface area (TPSA) is 184 Å². The molecule has 2 heterocycles. The van der Waals surface area contributed by atoms with Crippen LogP contribution < -0.4 is 26.9 Å². The normalized spacial score (nSPS) is 15.5. The van der Waals surface area contributed by atoms with E-state index >= 15 is 0 Å². The molecule has 0 aromatic heterocycles. The molecule has 226 valence electrons. The third kappa shape index (κ3) is 6.84. The number of amides is 3. The molecule has 3 aromatic rings. The maximum absolute atomic E-state index is 13.8. The third-order valence-corrected chi connectivity index (χ3v) is 7.74. The Hall–Kier alpha value is -4.49. The Labute approximate surface area is 254 Å². The van der Waals surface area contributed by atoms with Gasteiger partial charge in [-0.05, 0) is 65.7 Å². The summed E-state index contributed by atoms with van der Waals surface area (Å²) < 4.78 is 10.4. The van der Waals surface area contributed by atoms with Crippen molar-refractivity contribution in [2.45, 2.75) is 51.6 Å². The zero-order valence-corrected chi connectivity index (χ0v) is 24.1. The second-order valence-corrected chi connectivity index (χ2v) is 10.9. The summed E-state index contributed by atoms with van der Waals surface area (Å²) in [5.74, 6) is -3.08. The van der Waals surface area contributed by atoms with Crippen LogP contribution in [0.25, 0.3) is 0 Å². The van der Waals surface area contributed by atoms with E-state index in [0.29, 0.717) is 16.5 Å². The number of rotatable bonds is 10. The summed E-state index contributed by atoms with van der Waals surface area (Å²) in [5, 5.41) is 37.8. The second kappa shape index (κ2) is 13.0. The zero-order valence-electron chi connectivity index (χ0n) is 24.1. The fourth-order valence-corrected chi connectivity index (χ4v) is 5.21. The monoisotopic (exact) mass is 599 g/mol. The van der Waals surface area contributed by atoms with Crippen molar-refractivity contribution >= 4 is 48.9 Å². The Morgan fingerprint density at radius 1 is 0.795 bits per heavy atom. The van der Waals surface area contributed by atoms with Gasteiger partial charge in [0, 0.05) is 11.1 Å². The number of aryl methyl sites for hydroxylation is 1. The van der Waals surface area contributed by atoms with Gasteiger partial charge in [-0.25, -0.2) is 0 Å². The van der Waals surface area contributed by atoms with Gasteiger partial charge in [0.05, 0.1) is 31.7 Å². The molecule has 3 atom stereocenters. The van der Waals surface area contributed by atoms with Gasteiger partial charge in [-0.1, -0.05) is 42.0 Å². The molecule has 44 heavy (non-hydrogen) atoms. The smallest absolute Gasteiger partial charge is 0.481 e. The molecule has 6 N–H and O–H groups in total. The first kappa shape index (κ1) is 31.0. The van der Waals surface area contributed by atoms with E-state index in [0.717, 1.165) is 16.7 Å². The molecular weight excluding hydrogens is 568 g/mol. The highest BCUT2D eigenvalue weighted by molar-refractivity contribution is 6.62. The minimum Gasteiger partial charge on any atom is -0.481 e. The first-order chi connectivity index (χ1) is 21.0. The van der Waals surface area contributed by atoms with Crippen LogP contribution >= 0.6 is 0 Å². The number of carbonyl (C=O) groups excluding carboxylic acids is 3. The van der Waals surface area contributed by atoms with E-state index in [1.807, 2.05) is 6.92 Å². The summed E-state index contributed by atoms with van der Waals surface area (Å²) in [5.41, 5.74) is 4.24. The van der Waals surface area contributed by atoms with Crippen molar-refractivity contribution < 1.29 is 43.6 Å². The zero-order chi connectivity index (χ0) is 31.5. The van der Waals surface area contributed by atoms with E-state index in [4.69, 9.17) is 9.31 Å². The van der Waals surface area contributed by atoms with Crippen LogP contribution in [0.3, 0.4) is 0 Å². The van der Waals surface area contributed by atoms with E-state index in [1.165, 1.54) is 25.1 Å².